The molecule has 0 unspecified atom stereocenters. The second-order valence-corrected chi connectivity index (χ2v) is 2.14. The van der Waals surface area contributed by atoms with Gasteiger partial charge in [-0.25, -0.2) is 4.98 Å². The lowest BCUT2D eigenvalue weighted by Crippen LogP contribution is -2.26. The van der Waals surface area contributed by atoms with Crippen LogP contribution in [0.3, 0.4) is 0 Å². The minimum absolute atomic E-state index is 0.794. The van der Waals surface area contributed by atoms with Crippen LogP contribution >= 0.6 is 0 Å². The van der Waals surface area contributed by atoms with Crippen LogP contribution in [0.15, 0.2) is 30.6 Å². The standard InChI is InChI=1S/C7H6N2O/c10-9-5-8-6-3-1-2-4-7(6)9/h1-5,10H/p+1. The fraction of sp³-hybridized carbons (Fsp3) is 0. The molecular weight excluding hydrogens is 128 g/mol. The number of aromatic nitrogens is 2. The summed E-state index contributed by atoms with van der Waals surface area (Å²) in [6, 6.07) is 7.54. The Balaban J connectivity index is 2.93. The predicted octanol–water partition coefficient (Wildman–Crippen LogP) is 0.693. The Labute approximate surface area is 57.5 Å². The van der Waals surface area contributed by atoms with Gasteiger partial charge in [0.15, 0.2) is 5.52 Å². The average molecular weight is 135 g/mol. The second kappa shape index (κ2) is 1.73. The number of H-pyrrole nitrogens is 1. The first-order valence-electron chi connectivity index (χ1n) is 3.05. The molecule has 0 saturated heterocycles. The summed E-state index contributed by atoms with van der Waals surface area (Å²) in [7, 11) is 0. The van der Waals surface area contributed by atoms with E-state index in [-0.39, 0.29) is 0 Å². The predicted molar refractivity (Wildman–Crippen MR) is 35.7 cm³/mol. The van der Waals surface area contributed by atoms with E-state index >= 15 is 0 Å². The molecule has 2 aromatic rings. The normalized spacial score (nSPS) is 10.4. The molecule has 50 valence electrons. The molecule has 0 amide bonds. The number of rotatable bonds is 0. The Morgan fingerprint density at radius 3 is 2.90 bits per heavy atom. The third kappa shape index (κ3) is 0.572. The van der Waals surface area contributed by atoms with Crippen molar-refractivity contribution >= 4 is 11.0 Å². The molecule has 0 fully saturated rings. The number of hydrogen-bond donors (Lipinski definition) is 2. The quantitative estimate of drug-likeness (QED) is 0.405. The molecule has 0 aliphatic rings. The molecule has 3 nitrogen and oxygen atoms in total. The molecule has 10 heavy (non-hydrogen) atoms. The first-order valence-corrected chi connectivity index (χ1v) is 3.05. The highest BCUT2D eigenvalue weighted by molar-refractivity contribution is 5.70. The van der Waals surface area contributed by atoms with E-state index in [9.17, 15) is 0 Å². The Hall–Kier alpha value is -1.51. The first kappa shape index (κ1) is 5.29. The molecule has 1 aromatic heterocycles. The van der Waals surface area contributed by atoms with Crippen molar-refractivity contribution in [3.63, 3.8) is 0 Å². The van der Waals surface area contributed by atoms with Crippen molar-refractivity contribution in [2.45, 2.75) is 0 Å². The van der Waals surface area contributed by atoms with E-state index in [1.165, 1.54) is 6.33 Å². The third-order valence-corrected chi connectivity index (χ3v) is 1.49. The van der Waals surface area contributed by atoms with E-state index in [4.69, 9.17) is 5.21 Å². The van der Waals surface area contributed by atoms with Gasteiger partial charge in [-0.2, -0.15) is 0 Å². The number of benzene rings is 1. The van der Waals surface area contributed by atoms with Gasteiger partial charge in [-0.05, 0) is 16.9 Å². The molecule has 0 saturated carbocycles. The van der Waals surface area contributed by atoms with Crippen LogP contribution in [0, 0.1) is 0 Å². The Morgan fingerprint density at radius 2 is 2.10 bits per heavy atom. The van der Waals surface area contributed by atoms with Crippen LogP contribution in [0.2, 0.25) is 0 Å². The lowest BCUT2D eigenvalue weighted by molar-refractivity contribution is -0.884. The van der Waals surface area contributed by atoms with Gasteiger partial charge in [0.25, 0.3) is 6.33 Å². The van der Waals surface area contributed by atoms with Gasteiger partial charge >= 0.3 is 0 Å². The number of aromatic amines is 1. The second-order valence-electron chi connectivity index (χ2n) is 2.14. The van der Waals surface area contributed by atoms with E-state index in [0.29, 0.717) is 0 Å². The van der Waals surface area contributed by atoms with Crippen molar-refractivity contribution in [1.82, 2.24) is 4.98 Å². The molecule has 0 radical (unpaired) electrons. The highest BCUT2D eigenvalue weighted by atomic mass is 16.5. The zero-order valence-electron chi connectivity index (χ0n) is 5.28. The minimum Gasteiger partial charge on any atom is -0.350 e. The average Bonchev–Trinajstić information content (AvgIpc) is 2.34. The van der Waals surface area contributed by atoms with Crippen molar-refractivity contribution in [2.75, 3.05) is 0 Å². The lowest BCUT2D eigenvalue weighted by Gasteiger charge is -1.80. The van der Waals surface area contributed by atoms with Gasteiger partial charge < -0.3 is 5.21 Å². The number of nitrogens with one attached hydrogen (secondary N) is 1. The summed E-state index contributed by atoms with van der Waals surface area (Å²) in [6.07, 6.45) is 1.50. The van der Waals surface area contributed by atoms with Gasteiger partial charge in [0.05, 0.1) is 0 Å². The summed E-state index contributed by atoms with van der Waals surface area (Å²) in [5, 5.41) is 9.10. The maximum Gasteiger partial charge on any atom is 0.283 e. The van der Waals surface area contributed by atoms with E-state index in [2.05, 4.69) is 4.98 Å². The summed E-state index contributed by atoms with van der Waals surface area (Å²) in [5.41, 5.74) is 1.73. The van der Waals surface area contributed by atoms with Gasteiger partial charge in [0.1, 0.15) is 0 Å². The van der Waals surface area contributed by atoms with E-state index in [1.807, 2.05) is 24.3 Å². The van der Waals surface area contributed by atoms with Crippen molar-refractivity contribution in [3.05, 3.63) is 30.6 Å². The Morgan fingerprint density at radius 1 is 1.30 bits per heavy atom. The highest BCUT2D eigenvalue weighted by Gasteiger charge is 2.04. The monoisotopic (exact) mass is 135 g/mol. The number of para-hydroxylation sites is 2. The van der Waals surface area contributed by atoms with Crippen molar-refractivity contribution in [1.29, 1.82) is 0 Å². The molecule has 0 aliphatic carbocycles. The lowest BCUT2D eigenvalue weighted by atomic mass is 10.3. The number of fused-ring (bicyclic) bond motifs is 1. The Bertz CT molecular complexity index is 353. The van der Waals surface area contributed by atoms with Crippen LogP contribution in [-0.4, -0.2) is 10.2 Å². The van der Waals surface area contributed by atoms with Gasteiger partial charge in [-0.3, -0.25) is 0 Å². The number of imidazole rings is 1. The fourth-order valence-corrected chi connectivity index (χ4v) is 0.996. The number of nitrogens with zero attached hydrogens (tertiary/aromatic N) is 1. The zero-order chi connectivity index (χ0) is 6.97. The summed E-state index contributed by atoms with van der Waals surface area (Å²) >= 11 is 0. The maximum absolute atomic E-state index is 9.10. The molecular formula is C7H7N2O+. The van der Waals surface area contributed by atoms with Crippen LogP contribution in [0.1, 0.15) is 0 Å². The van der Waals surface area contributed by atoms with Gasteiger partial charge in [0.2, 0.25) is 5.52 Å². The maximum atomic E-state index is 9.10. The molecule has 3 heteroatoms. The molecule has 1 aromatic carbocycles. The number of hydrogen-bond acceptors (Lipinski definition) is 1. The van der Waals surface area contributed by atoms with E-state index in [0.717, 1.165) is 15.8 Å². The van der Waals surface area contributed by atoms with Gasteiger partial charge in [-0.1, -0.05) is 12.1 Å². The van der Waals surface area contributed by atoms with Gasteiger partial charge in [0, 0.05) is 0 Å². The third-order valence-electron chi connectivity index (χ3n) is 1.49. The molecule has 0 spiro atoms. The van der Waals surface area contributed by atoms with Crippen molar-refractivity contribution < 1.29 is 9.94 Å². The molecule has 1 heterocycles. The molecule has 0 aliphatic heterocycles. The van der Waals surface area contributed by atoms with E-state index in [1.54, 1.807) is 0 Å². The molecule has 0 bridgehead atoms. The first-order chi connectivity index (χ1) is 4.88. The van der Waals surface area contributed by atoms with E-state index < -0.39 is 0 Å². The fourth-order valence-electron chi connectivity index (χ4n) is 0.996. The summed E-state index contributed by atoms with van der Waals surface area (Å²) in [4.78, 5) is 2.90. The van der Waals surface area contributed by atoms with Crippen LogP contribution in [-0.2, 0) is 0 Å². The van der Waals surface area contributed by atoms with Crippen molar-refractivity contribution in [3.8, 4) is 0 Å². The smallest absolute Gasteiger partial charge is 0.283 e. The van der Waals surface area contributed by atoms with Crippen molar-refractivity contribution in [2.24, 2.45) is 0 Å². The Kier molecular flexibility index (Phi) is 0.917. The topological polar surface area (TPSA) is 39.9 Å². The van der Waals surface area contributed by atoms with Crippen LogP contribution in [0.4, 0.5) is 0 Å². The molecule has 0 atom stereocenters. The summed E-state index contributed by atoms with van der Waals surface area (Å²) in [6.45, 7) is 0. The summed E-state index contributed by atoms with van der Waals surface area (Å²) < 4.78 is 1.06. The molecule has 2 N–H and O–H groups in total. The summed E-state index contributed by atoms with van der Waals surface area (Å²) in [5.74, 6) is 0. The highest BCUT2D eigenvalue weighted by Crippen LogP contribution is 2.03. The molecule has 2 rings (SSSR count). The minimum atomic E-state index is 0.794. The van der Waals surface area contributed by atoms with Crippen LogP contribution < -0.4 is 4.73 Å². The SMILES string of the molecule is O[n+]1c[nH]c2ccccc21. The van der Waals surface area contributed by atoms with Crippen LogP contribution in [0.25, 0.3) is 11.0 Å². The largest absolute Gasteiger partial charge is 0.350 e. The zero-order valence-corrected chi connectivity index (χ0v) is 5.28. The van der Waals surface area contributed by atoms with Gasteiger partial charge in [-0.15, -0.1) is 0 Å². The van der Waals surface area contributed by atoms with Crippen LogP contribution in [0.5, 0.6) is 0 Å².